The van der Waals surface area contributed by atoms with Gasteiger partial charge < -0.3 is 15.0 Å². The molecule has 1 atom stereocenters. The van der Waals surface area contributed by atoms with Gasteiger partial charge in [-0.3, -0.25) is 0 Å². The van der Waals surface area contributed by atoms with Gasteiger partial charge in [-0.25, -0.2) is 0 Å². The fourth-order valence-electron chi connectivity index (χ4n) is 2.74. The Balaban J connectivity index is 0.00000192. The van der Waals surface area contributed by atoms with Crippen molar-refractivity contribution in [1.29, 1.82) is 0 Å². The maximum Gasteiger partial charge on any atom is 0.239 e. The summed E-state index contributed by atoms with van der Waals surface area (Å²) in [5.74, 6) is 2.14. The molecule has 0 amide bonds. The maximum absolute atomic E-state index is 6.37. The summed E-state index contributed by atoms with van der Waals surface area (Å²) < 4.78 is 10.6. The van der Waals surface area contributed by atoms with Crippen LogP contribution in [0.15, 0.2) is 33.7 Å². The number of thioether (sulfide) groups is 1. The fraction of sp³-hybridized carbons (Fsp3) is 0.500. The monoisotopic (exact) mass is 355 g/mol. The van der Waals surface area contributed by atoms with Gasteiger partial charge in [-0.1, -0.05) is 18.0 Å². The van der Waals surface area contributed by atoms with Gasteiger partial charge in [-0.2, -0.15) is 4.98 Å². The lowest BCUT2D eigenvalue weighted by molar-refractivity contribution is 0.349. The minimum absolute atomic E-state index is 0. The Morgan fingerprint density at radius 2 is 1.91 bits per heavy atom. The van der Waals surface area contributed by atoms with Gasteiger partial charge in [0.15, 0.2) is 5.82 Å². The summed E-state index contributed by atoms with van der Waals surface area (Å²) in [5, 5.41) is 4.20. The Morgan fingerprint density at radius 3 is 2.52 bits per heavy atom. The normalized spacial score (nSPS) is 17.5. The number of ether oxygens (including phenoxy) is 1. The summed E-state index contributed by atoms with van der Waals surface area (Å²) in [6.07, 6.45) is 4.14. The van der Waals surface area contributed by atoms with Crippen molar-refractivity contribution in [2.75, 3.05) is 7.11 Å². The third kappa shape index (κ3) is 4.00. The van der Waals surface area contributed by atoms with Gasteiger partial charge in [0, 0.05) is 4.90 Å². The number of nitrogens with zero attached hydrogens (tertiary/aromatic N) is 2. The van der Waals surface area contributed by atoms with Gasteiger partial charge in [0.05, 0.1) is 17.9 Å². The molecule has 1 aromatic carbocycles. The molecule has 23 heavy (non-hydrogen) atoms. The number of nitrogens with two attached hydrogens (primary N) is 1. The summed E-state index contributed by atoms with van der Waals surface area (Å²) in [6.45, 7) is 2.06. The van der Waals surface area contributed by atoms with Crippen molar-refractivity contribution in [3.05, 3.63) is 36.0 Å². The Morgan fingerprint density at radius 1 is 1.26 bits per heavy atom. The first kappa shape index (κ1) is 18.1. The van der Waals surface area contributed by atoms with Gasteiger partial charge in [0.2, 0.25) is 5.89 Å². The Hall–Kier alpha value is -1.24. The molecule has 0 bridgehead atoms. The summed E-state index contributed by atoms with van der Waals surface area (Å²) in [7, 11) is 1.66. The van der Waals surface area contributed by atoms with Crippen LogP contribution in [0.25, 0.3) is 0 Å². The zero-order chi connectivity index (χ0) is 15.6. The third-order valence-electron chi connectivity index (χ3n) is 4.10. The molecule has 1 aliphatic rings. The van der Waals surface area contributed by atoms with Gasteiger partial charge in [-0.05, 0) is 44.0 Å². The second-order valence-corrected chi connectivity index (χ2v) is 7.17. The highest BCUT2D eigenvalue weighted by molar-refractivity contribution is 7.99. The SMILES string of the molecule is COc1ccc(SC(C)c2nc(C3(N)CCCC3)no2)cc1.Cl. The Labute approximate surface area is 146 Å². The summed E-state index contributed by atoms with van der Waals surface area (Å²) in [6, 6.07) is 7.95. The number of hydrogen-bond donors (Lipinski definition) is 1. The van der Waals surface area contributed by atoms with Gasteiger partial charge >= 0.3 is 0 Å². The molecule has 2 aromatic rings. The average Bonchev–Trinajstić information content (AvgIpc) is 3.18. The third-order valence-corrected chi connectivity index (χ3v) is 5.20. The minimum Gasteiger partial charge on any atom is -0.497 e. The largest absolute Gasteiger partial charge is 0.497 e. The quantitative estimate of drug-likeness (QED) is 0.814. The van der Waals surface area contributed by atoms with Crippen LogP contribution in [-0.4, -0.2) is 17.3 Å². The topological polar surface area (TPSA) is 74.2 Å². The minimum atomic E-state index is -0.397. The van der Waals surface area contributed by atoms with Crippen LogP contribution in [0.4, 0.5) is 0 Å². The molecule has 126 valence electrons. The molecule has 1 unspecified atom stereocenters. The van der Waals surface area contributed by atoms with Crippen LogP contribution in [0, 0.1) is 0 Å². The number of rotatable bonds is 5. The van der Waals surface area contributed by atoms with Gasteiger partial charge in [-0.15, -0.1) is 24.2 Å². The average molecular weight is 356 g/mol. The lowest BCUT2D eigenvalue weighted by Gasteiger charge is -2.17. The molecular formula is C16H22ClN3O2S. The van der Waals surface area contributed by atoms with E-state index in [0.29, 0.717) is 11.7 Å². The maximum atomic E-state index is 6.37. The number of halogens is 1. The molecule has 1 heterocycles. The highest BCUT2D eigenvalue weighted by Gasteiger charge is 2.36. The number of methoxy groups -OCH3 is 1. The molecule has 3 rings (SSSR count). The van der Waals surface area contributed by atoms with Crippen molar-refractivity contribution in [3.8, 4) is 5.75 Å². The fourth-order valence-corrected chi connectivity index (χ4v) is 3.64. The lowest BCUT2D eigenvalue weighted by atomic mass is 9.99. The van der Waals surface area contributed by atoms with E-state index >= 15 is 0 Å². The highest BCUT2D eigenvalue weighted by atomic mass is 35.5. The Bertz CT molecular complexity index is 627. The molecule has 0 spiro atoms. The summed E-state index contributed by atoms with van der Waals surface area (Å²) in [5.41, 5.74) is 5.98. The number of hydrogen-bond acceptors (Lipinski definition) is 6. The van der Waals surface area contributed by atoms with Crippen LogP contribution in [0.5, 0.6) is 5.75 Å². The molecule has 2 N–H and O–H groups in total. The zero-order valence-electron chi connectivity index (χ0n) is 13.3. The van der Waals surface area contributed by atoms with Crippen molar-refractivity contribution in [1.82, 2.24) is 10.1 Å². The van der Waals surface area contributed by atoms with E-state index in [1.165, 1.54) is 0 Å². The highest BCUT2D eigenvalue weighted by Crippen LogP contribution is 2.38. The van der Waals surface area contributed by atoms with Crippen LogP contribution in [0.1, 0.15) is 49.6 Å². The lowest BCUT2D eigenvalue weighted by Crippen LogP contribution is -2.34. The predicted molar refractivity (Wildman–Crippen MR) is 93.1 cm³/mol. The number of benzene rings is 1. The van der Waals surface area contributed by atoms with E-state index in [9.17, 15) is 0 Å². The van der Waals surface area contributed by atoms with Crippen molar-refractivity contribution >= 4 is 24.2 Å². The van der Waals surface area contributed by atoms with Crippen LogP contribution < -0.4 is 10.5 Å². The van der Waals surface area contributed by atoms with Crippen molar-refractivity contribution in [3.63, 3.8) is 0 Å². The summed E-state index contributed by atoms with van der Waals surface area (Å²) >= 11 is 1.68. The van der Waals surface area contributed by atoms with Crippen LogP contribution in [0.3, 0.4) is 0 Å². The molecule has 0 radical (unpaired) electrons. The van der Waals surface area contributed by atoms with Gasteiger partial charge in [0.25, 0.3) is 0 Å². The van der Waals surface area contributed by atoms with Crippen LogP contribution in [-0.2, 0) is 5.54 Å². The van der Waals surface area contributed by atoms with Gasteiger partial charge in [0.1, 0.15) is 5.75 Å². The predicted octanol–water partition coefficient (Wildman–Crippen LogP) is 4.08. The van der Waals surface area contributed by atoms with E-state index in [0.717, 1.165) is 36.3 Å². The summed E-state index contributed by atoms with van der Waals surface area (Å²) in [4.78, 5) is 5.68. The molecule has 1 fully saturated rings. The van der Waals surface area contributed by atoms with E-state index in [2.05, 4.69) is 17.1 Å². The van der Waals surface area contributed by atoms with Crippen molar-refractivity contribution in [2.45, 2.75) is 48.3 Å². The van der Waals surface area contributed by atoms with Crippen LogP contribution in [0.2, 0.25) is 0 Å². The first-order valence-corrected chi connectivity index (χ1v) is 8.42. The standard InChI is InChI=1S/C16H21N3O2S.ClH/c1-11(22-13-7-5-12(20-2)6-8-13)14-18-15(19-21-14)16(17)9-3-4-10-16;/h5-8,11H,3-4,9-10,17H2,1-2H3;1H. The van der Waals surface area contributed by atoms with E-state index in [1.807, 2.05) is 24.3 Å². The first-order chi connectivity index (χ1) is 10.6. The van der Waals surface area contributed by atoms with E-state index in [1.54, 1.807) is 18.9 Å². The molecule has 1 saturated carbocycles. The van der Waals surface area contributed by atoms with Crippen LogP contribution >= 0.6 is 24.2 Å². The first-order valence-electron chi connectivity index (χ1n) is 7.54. The smallest absolute Gasteiger partial charge is 0.239 e. The molecular weight excluding hydrogens is 334 g/mol. The molecule has 5 nitrogen and oxygen atoms in total. The molecule has 0 saturated heterocycles. The van der Waals surface area contributed by atoms with Crippen molar-refractivity contribution in [2.24, 2.45) is 5.73 Å². The van der Waals surface area contributed by atoms with E-state index < -0.39 is 5.54 Å². The molecule has 7 heteroatoms. The molecule has 1 aromatic heterocycles. The Kier molecular flexibility index (Phi) is 5.95. The zero-order valence-corrected chi connectivity index (χ0v) is 15.0. The second kappa shape index (κ2) is 7.55. The second-order valence-electron chi connectivity index (χ2n) is 5.76. The number of aromatic nitrogens is 2. The molecule has 0 aliphatic heterocycles. The molecule has 1 aliphatic carbocycles. The van der Waals surface area contributed by atoms with Crippen molar-refractivity contribution < 1.29 is 9.26 Å². The van der Waals surface area contributed by atoms with E-state index in [-0.39, 0.29) is 17.7 Å². The van der Waals surface area contributed by atoms with E-state index in [4.69, 9.17) is 15.0 Å².